The molecule has 0 radical (unpaired) electrons. The minimum Gasteiger partial charge on any atom is -0.466 e. The highest BCUT2D eigenvalue weighted by atomic mass is 35.5. The van der Waals surface area contributed by atoms with E-state index in [0.29, 0.717) is 46.1 Å². The molecule has 3 aromatic rings. The second kappa shape index (κ2) is 13.3. The molecule has 3 aromatic heterocycles. The van der Waals surface area contributed by atoms with E-state index in [1.54, 1.807) is 24.6 Å². The Kier molecular flexibility index (Phi) is 9.83. The SMILES string of the molecule is CCOC(=O)CCN1CCN(c2cnc(C(=O)Nc3nc(-c4cc(Cl)cs4)c(COC(C)=O)s3)cn2)C[C@@H]1C. The molecule has 4 heterocycles. The van der Waals surface area contributed by atoms with Crippen LogP contribution in [0.25, 0.3) is 10.6 Å². The van der Waals surface area contributed by atoms with Gasteiger partial charge in [-0.3, -0.25) is 24.6 Å². The Bertz CT molecular complexity index is 1310. The lowest BCUT2D eigenvalue weighted by Crippen LogP contribution is -2.52. The molecule has 1 amide bonds. The number of hydrogen-bond acceptors (Lipinski definition) is 12. The number of piperazine rings is 1. The molecule has 1 atom stereocenters. The number of aromatic nitrogens is 3. The van der Waals surface area contributed by atoms with Crippen molar-refractivity contribution in [2.75, 3.05) is 43.0 Å². The maximum Gasteiger partial charge on any atom is 0.307 e. The van der Waals surface area contributed by atoms with Crippen molar-refractivity contribution >= 4 is 63.1 Å². The number of amides is 1. The third kappa shape index (κ3) is 7.72. The fourth-order valence-corrected chi connectivity index (χ4v) is 6.11. The van der Waals surface area contributed by atoms with Crippen molar-refractivity contribution in [2.24, 2.45) is 0 Å². The van der Waals surface area contributed by atoms with Gasteiger partial charge in [-0.2, -0.15) is 0 Å². The molecule has 1 aliphatic rings. The van der Waals surface area contributed by atoms with Crippen molar-refractivity contribution in [3.05, 3.63) is 39.4 Å². The van der Waals surface area contributed by atoms with Crippen LogP contribution in [-0.4, -0.2) is 76.5 Å². The third-order valence-corrected chi connectivity index (χ3v) is 8.22. The van der Waals surface area contributed by atoms with Gasteiger partial charge in [-0.25, -0.2) is 15.0 Å². The minimum atomic E-state index is -0.449. The van der Waals surface area contributed by atoms with Gasteiger partial charge in [0.2, 0.25) is 0 Å². The summed E-state index contributed by atoms with van der Waals surface area (Å²) in [5.41, 5.74) is 0.753. The van der Waals surface area contributed by atoms with Crippen molar-refractivity contribution in [1.29, 1.82) is 0 Å². The molecule has 4 rings (SSSR count). The molecule has 0 aromatic carbocycles. The Labute approximate surface area is 239 Å². The molecule has 0 saturated carbocycles. The maximum atomic E-state index is 12.9. The highest BCUT2D eigenvalue weighted by molar-refractivity contribution is 7.17. The van der Waals surface area contributed by atoms with Crippen LogP contribution in [0.3, 0.4) is 0 Å². The largest absolute Gasteiger partial charge is 0.466 e. The Morgan fingerprint density at radius 2 is 2.03 bits per heavy atom. The molecule has 0 unspecified atom stereocenters. The number of rotatable bonds is 10. The highest BCUT2D eigenvalue weighted by Gasteiger charge is 2.25. The monoisotopic (exact) mass is 592 g/mol. The van der Waals surface area contributed by atoms with Crippen molar-refractivity contribution in [2.45, 2.75) is 39.8 Å². The average Bonchev–Trinajstić information content (AvgIpc) is 3.52. The molecule has 0 bridgehead atoms. The van der Waals surface area contributed by atoms with E-state index in [1.165, 1.54) is 35.8 Å². The van der Waals surface area contributed by atoms with Gasteiger partial charge in [-0.1, -0.05) is 22.9 Å². The summed E-state index contributed by atoms with van der Waals surface area (Å²) in [7, 11) is 0. The van der Waals surface area contributed by atoms with Crippen LogP contribution in [0.4, 0.5) is 10.9 Å². The van der Waals surface area contributed by atoms with Crippen molar-refractivity contribution < 1.29 is 23.9 Å². The van der Waals surface area contributed by atoms with E-state index in [0.717, 1.165) is 24.5 Å². The Morgan fingerprint density at radius 3 is 2.67 bits per heavy atom. The number of nitrogens with zero attached hydrogens (tertiary/aromatic N) is 5. The molecule has 1 N–H and O–H groups in total. The van der Waals surface area contributed by atoms with Crippen LogP contribution in [0.15, 0.2) is 23.8 Å². The van der Waals surface area contributed by atoms with E-state index >= 15 is 0 Å². The van der Waals surface area contributed by atoms with Gasteiger partial charge in [-0.05, 0) is 19.9 Å². The lowest BCUT2D eigenvalue weighted by Gasteiger charge is -2.40. The lowest BCUT2D eigenvalue weighted by molar-refractivity contribution is -0.144. The summed E-state index contributed by atoms with van der Waals surface area (Å²) < 4.78 is 10.2. The molecule has 208 valence electrons. The first-order valence-corrected chi connectivity index (χ1v) is 14.5. The Balaban J connectivity index is 1.37. The van der Waals surface area contributed by atoms with E-state index in [2.05, 4.69) is 37.0 Å². The quantitative estimate of drug-likeness (QED) is 0.344. The number of anilines is 2. The van der Waals surface area contributed by atoms with Crippen molar-refractivity contribution in [1.82, 2.24) is 19.9 Å². The van der Waals surface area contributed by atoms with Crippen LogP contribution >= 0.6 is 34.3 Å². The molecule has 0 spiro atoms. The van der Waals surface area contributed by atoms with E-state index in [1.807, 2.05) is 0 Å². The van der Waals surface area contributed by atoms with Crippen molar-refractivity contribution in [3.63, 3.8) is 0 Å². The molecule has 1 aliphatic heterocycles. The molecule has 1 fully saturated rings. The number of thiazole rings is 1. The number of carbonyl (C=O) groups excluding carboxylic acids is 3. The molecule has 1 saturated heterocycles. The van der Waals surface area contributed by atoms with Gasteiger partial charge in [0.1, 0.15) is 23.8 Å². The zero-order valence-corrected chi connectivity index (χ0v) is 24.2. The first-order chi connectivity index (χ1) is 18.7. The predicted molar refractivity (Wildman–Crippen MR) is 150 cm³/mol. The zero-order chi connectivity index (χ0) is 27.9. The van der Waals surface area contributed by atoms with E-state index in [9.17, 15) is 14.4 Å². The van der Waals surface area contributed by atoms with E-state index in [-0.39, 0.29) is 24.3 Å². The fourth-order valence-electron chi connectivity index (χ4n) is 4.07. The summed E-state index contributed by atoms with van der Waals surface area (Å²) in [5.74, 6) is -0.364. The number of carbonyl (C=O) groups is 3. The Morgan fingerprint density at radius 1 is 1.21 bits per heavy atom. The zero-order valence-electron chi connectivity index (χ0n) is 21.8. The number of hydrogen-bond donors (Lipinski definition) is 1. The van der Waals surface area contributed by atoms with Gasteiger partial charge < -0.3 is 14.4 Å². The lowest BCUT2D eigenvalue weighted by atomic mass is 10.2. The first kappa shape index (κ1) is 28.9. The Hall–Kier alpha value is -3.13. The van der Waals surface area contributed by atoms with Crippen LogP contribution < -0.4 is 10.2 Å². The van der Waals surface area contributed by atoms with Crippen LogP contribution in [0.5, 0.6) is 0 Å². The van der Waals surface area contributed by atoms with E-state index in [4.69, 9.17) is 21.1 Å². The first-order valence-electron chi connectivity index (χ1n) is 12.4. The molecular weight excluding hydrogens is 564 g/mol. The maximum absolute atomic E-state index is 12.9. The minimum absolute atomic E-state index is 0.0384. The van der Waals surface area contributed by atoms with Gasteiger partial charge in [0, 0.05) is 44.5 Å². The summed E-state index contributed by atoms with van der Waals surface area (Å²) in [4.78, 5) is 55.1. The summed E-state index contributed by atoms with van der Waals surface area (Å²) >= 11 is 8.70. The number of thiophene rings is 1. The summed E-state index contributed by atoms with van der Waals surface area (Å²) in [6, 6.07) is 1.99. The summed E-state index contributed by atoms with van der Waals surface area (Å²) in [5, 5.41) is 5.48. The fraction of sp³-hybridized carbons (Fsp3) is 0.440. The van der Waals surface area contributed by atoms with E-state index < -0.39 is 11.9 Å². The topological polar surface area (TPSA) is 127 Å². The molecule has 0 aliphatic carbocycles. The number of ether oxygens (including phenoxy) is 2. The number of nitrogens with one attached hydrogen (secondary N) is 1. The normalized spacial score (nSPS) is 15.7. The van der Waals surface area contributed by atoms with Gasteiger partial charge in [-0.15, -0.1) is 11.3 Å². The van der Waals surface area contributed by atoms with Crippen LogP contribution in [0.1, 0.15) is 42.6 Å². The summed E-state index contributed by atoms with van der Waals surface area (Å²) in [6.07, 6.45) is 3.40. The second-order valence-corrected chi connectivity index (χ2v) is 11.2. The molecule has 11 nitrogen and oxygen atoms in total. The molecule has 14 heteroatoms. The van der Waals surface area contributed by atoms with Crippen LogP contribution in [0.2, 0.25) is 5.02 Å². The number of halogens is 1. The van der Waals surface area contributed by atoms with Gasteiger partial charge >= 0.3 is 11.9 Å². The van der Waals surface area contributed by atoms with Gasteiger partial charge in [0.15, 0.2) is 5.13 Å². The number of esters is 2. The second-order valence-electron chi connectivity index (χ2n) is 8.80. The molecule has 39 heavy (non-hydrogen) atoms. The molecular formula is C25H29ClN6O5S2. The third-order valence-electron chi connectivity index (χ3n) is 5.99. The van der Waals surface area contributed by atoms with Crippen LogP contribution in [0, 0.1) is 0 Å². The average molecular weight is 593 g/mol. The standard InChI is InChI=1S/C25H29ClN6O5S2/c1-4-36-22(34)5-6-31-7-8-32(12-15(31)2)21-11-27-18(10-28-21)24(35)30-25-29-23(19-9-17(26)14-38-19)20(39-25)13-37-16(3)33/h9-11,14-15H,4-8,12-13H2,1-3H3,(H,29,30,35)/t15-/m0/s1. The highest BCUT2D eigenvalue weighted by Crippen LogP contribution is 2.36. The van der Waals surface area contributed by atoms with Gasteiger partial charge in [0.05, 0.1) is 40.2 Å². The summed E-state index contributed by atoms with van der Waals surface area (Å²) in [6.45, 7) is 8.56. The predicted octanol–water partition coefficient (Wildman–Crippen LogP) is 4.09. The van der Waals surface area contributed by atoms with Gasteiger partial charge in [0.25, 0.3) is 5.91 Å². The van der Waals surface area contributed by atoms with Crippen molar-refractivity contribution in [3.8, 4) is 10.6 Å². The van der Waals surface area contributed by atoms with Crippen LogP contribution in [-0.2, 0) is 25.7 Å². The smallest absolute Gasteiger partial charge is 0.307 e.